The zero-order valence-electron chi connectivity index (χ0n) is 11.2. The van der Waals surface area contributed by atoms with Crippen LogP contribution in [0.25, 0.3) is 0 Å². The number of rotatable bonds is 4. The molecular formula is C12H19N5O3. The minimum atomic E-state index is -0.530. The molecule has 2 rings (SSSR count). The van der Waals surface area contributed by atoms with Crippen molar-refractivity contribution in [1.29, 1.82) is 0 Å². The summed E-state index contributed by atoms with van der Waals surface area (Å²) < 4.78 is 0. The van der Waals surface area contributed by atoms with Crippen LogP contribution in [0, 0.1) is 10.1 Å². The van der Waals surface area contributed by atoms with Gasteiger partial charge in [0.05, 0.1) is 11.5 Å². The highest BCUT2D eigenvalue weighted by molar-refractivity contribution is 5.58. The second-order valence-corrected chi connectivity index (χ2v) is 4.74. The predicted octanol–water partition coefficient (Wildman–Crippen LogP) is 0.0764. The summed E-state index contributed by atoms with van der Waals surface area (Å²) in [5.41, 5.74) is 5.46. The van der Waals surface area contributed by atoms with Crippen molar-refractivity contribution in [1.82, 2.24) is 9.88 Å². The van der Waals surface area contributed by atoms with E-state index in [-0.39, 0.29) is 18.1 Å². The third-order valence-corrected chi connectivity index (χ3v) is 3.41. The van der Waals surface area contributed by atoms with Crippen LogP contribution in [0.3, 0.4) is 0 Å². The third-order valence-electron chi connectivity index (χ3n) is 3.41. The van der Waals surface area contributed by atoms with E-state index in [4.69, 9.17) is 10.8 Å². The SMILES string of the molecule is Nc1nc(N2CCCN(CCO)CC2)ccc1[N+](=O)[O-]. The van der Waals surface area contributed by atoms with Crippen LogP contribution in [0.4, 0.5) is 17.3 Å². The van der Waals surface area contributed by atoms with Gasteiger partial charge in [0.2, 0.25) is 5.82 Å². The Kier molecular flexibility index (Phi) is 4.70. The first-order valence-electron chi connectivity index (χ1n) is 6.61. The van der Waals surface area contributed by atoms with Gasteiger partial charge in [0.25, 0.3) is 0 Å². The van der Waals surface area contributed by atoms with E-state index in [1.165, 1.54) is 6.07 Å². The number of nitrogens with zero attached hydrogens (tertiary/aromatic N) is 4. The van der Waals surface area contributed by atoms with Crippen LogP contribution in [-0.4, -0.2) is 59.2 Å². The van der Waals surface area contributed by atoms with Crippen molar-refractivity contribution in [3.63, 3.8) is 0 Å². The lowest BCUT2D eigenvalue weighted by atomic mass is 10.3. The molecule has 1 aliphatic heterocycles. The Balaban J connectivity index is 2.08. The molecule has 3 N–H and O–H groups in total. The maximum absolute atomic E-state index is 10.7. The maximum atomic E-state index is 10.7. The standard InChI is InChI=1S/C12H19N5O3/c13-12-10(17(19)20)2-3-11(14-12)16-5-1-4-15(6-7-16)8-9-18/h2-3,18H,1,4-9H2,(H2,13,14). The summed E-state index contributed by atoms with van der Waals surface area (Å²) in [5.74, 6) is 0.614. The van der Waals surface area contributed by atoms with Gasteiger partial charge in [0.1, 0.15) is 5.82 Å². The number of anilines is 2. The summed E-state index contributed by atoms with van der Waals surface area (Å²) in [6.45, 7) is 4.18. The average Bonchev–Trinajstić information content (AvgIpc) is 2.64. The zero-order valence-corrected chi connectivity index (χ0v) is 11.2. The van der Waals surface area contributed by atoms with E-state index in [9.17, 15) is 10.1 Å². The van der Waals surface area contributed by atoms with Gasteiger partial charge in [-0.1, -0.05) is 0 Å². The second kappa shape index (κ2) is 6.49. The van der Waals surface area contributed by atoms with Gasteiger partial charge < -0.3 is 15.7 Å². The molecule has 0 amide bonds. The minimum absolute atomic E-state index is 0.0519. The van der Waals surface area contributed by atoms with Crippen LogP contribution in [-0.2, 0) is 0 Å². The van der Waals surface area contributed by atoms with Crippen molar-refractivity contribution >= 4 is 17.3 Å². The molecule has 1 aromatic rings. The Labute approximate surface area is 117 Å². The first-order valence-corrected chi connectivity index (χ1v) is 6.61. The number of β-amino-alcohol motifs (C(OH)–C–C–N with tert-alkyl or cyclic N) is 1. The quantitative estimate of drug-likeness (QED) is 0.594. The van der Waals surface area contributed by atoms with Crippen molar-refractivity contribution in [3.05, 3.63) is 22.2 Å². The van der Waals surface area contributed by atoms with E-state index in [1.54, 1.807) is 6.07 Å². The Morgan fingerprint density at radius 2 is 2.15 bits per heavy atom. The molecule has 1 saturated heterocycles. The number of nitrogens with two attached hydrogens (primary N) is 1. The monoisotopic (exact) mass is 281 g/mol. The van der Waals surface area contributed by atoms with Crippen LogP contribution >= 0.6 is 0 Å². The largest absolute Gasteiger partial charge is 0.395 e. The first kappa shape index (κ1) is 14.5. The summed E-state index contributed by atoms with van der Waals surface area (Å²) in [7, 11) is 0. The summed E-state index contributed by atoms with van der Waals surface area (Å²) in [5, 5.41) is 19.7. The molecular weight excluding hydrogens is 262 g/mol. The number of aliphatic hydroxyl groups is 1. The molecule has 20 heavy (non-hydrogen) atoms. The molecule has 110 valence electrons. The lowest BCUT2D eigenvalue weighted by molar-refractivity contribution is -0.384. The van der Waals surface area contributed by atoms with Gasteiger partial charge in [-0.2, -0.15) is 0 Å². The Morgan fingerprint density at radius 3 is 2.80 bits per heavy atom. The Bertz CT molecular complexity index is 482. The molecule has 0 aromatic carbocycles. The number of nitro groups is 1. The lowest BCUT2D eigenvalue weighted by Gasteiger charge is -2.22. The summed E-state index contributed by atoms with van der Waals surface area (Å²) in [6, 6.07) is 3.03. The van der Waals surface area contributed by atoms with Crippen LogP contribution < -0.4 is 10.6 Å². The molecule has 1 aromatic heterocycles. The van der Waals surface area contributed by atoms with Crippen molar-refractivity contribution in [2.24, 2.45) is 0 Å². The molecule has 0 spiro atoms. The Hall–Kier alpha value is -1.93. The number of pyridine rings is 1. The summed E-state index contributed by atoms with van der Waals surface area (Å²) >= 11 is 0. The molecule has 0 bridgehead atoms. The topological polar surface area (TPSA) is 109 Å². The Morgan fingerprint density at radius 1 is 1.35 bits per heavy atom. The number of hydrogen-bond acceptors (Lipinski definition) is 7. The van der Waals surface area contributed by atoms with Crippen molar-refractivity contribution in [2.75, 3.05) is 50.0 Å². The number of aromatic nitrogens is 1. The highest BCUT2D eigenvalue weighted by Gasteiger charge is 2.18. The maximum Gasteiger partial charge on any atom is 0.311 e. The fourth-order valence-corrected chi connectivity index (χ4v) is 2.35. The van der Waals surface area contributed by atoms with Gasteiger partial charge in [-0.05, 0) is 19.0 Å². The zero-order chi connectivity index (χ0) is 14.5. The van der Waals surface area contributed by atoms with E-state index >= 15 is 0 Å². The van der Waals surface area contributed by atoms with Gasteiger partial charge in [0, 0.05) is 32.2 Å². The van der Waals surface area contributed by atoms with Crippen LogP contribution in [0.2, 0.25) is 0 Å². The molecule has 8 heteroatoms. The van der Waals surface area contributed by atoms with E-state index in [2.05, 4.69) is 14.8 Å². The van der Waals surface area contributed by atoms with Gasteiger partial charge in [-0.3, -0.25) is 15.0 Å². The third kappa shape index (κ3) is 3.34. The molecule has 1 fully saturated rings. The fourth-order valence-electron chi connectivity index (χ4n) is 2.35. The predicted molar refractivity (Wildman–Crippen MR) is 75.7 cm³/mol. The molecule has 0 saturated carbocycles. The van der Waals surface area contributed by atoms with E-state index < -0.39 is 4.92 Å². The molecule has 0 radical (unpaired) electrons. The van der Waals surface area contributed by atoms with Gasteiger partial charge in [0.15, 0.2) is 0 Å². The summed E-state index contributed by atoms with van der Waals surface area (Å²) in [4.78, 5) is 18.6. The van der Waals surface area contributed by atoms with Crippen molar-refractivity contribution < 1.29 is 10.0 Å². The molecule has 0 atom stereocenters. The lowest BCUT2D eigenvalue weighted by Crippen LogP contribution is -2.32. The number of hydrogen-bond donors (Lipinski definition) is 2. The van der Waals surface area contributed by atoms with Gasteiger partial charge in [-0.25, -0.2) is 4.98 Å². The molecule has 0 unspecified atom stereocenters. The summed E-state index contributed by atoms with van der Waals surface area (Å²) in [6.07, 6.45) is 0.957. The van der Waals surface area contributed by atoms with E-state index in [1.807, 2.05) is 0 Å². The van der Waals surface area contributed by atoms with E-state index in [0.717, 1.165) is 32.6 Å². The van der Waals surface area contributed by atoms with Crippen molar-refractivity contribution in [3.8, 4) is 0 Å². The molecule has 0 aliphatic carbocycles. The average molecular weight is 281 g/mol. The fraction of sp³-hybridized carbons (Fsp3) is 0.583. The second-order valence-electron chi connectivity index (χ2n) is 4.74. The smallest absolute Gasteiger partial charge is 0.311 e. The van der Waals surface area contributed by atoms with E-state index in [0.29, 0.717) is 12.4 Å². The minimum Gasteiger partial charge on any atom is -0.395 e. The molecule has 1 aliphatic rings. The molecule has 8 nitrogen and oxygen atoms in total. The number of nitrogen functional groups attached to an aromatic ring is 1. The van der Waals surface area contributed by atoms with Crippen LogP contribution in [0.5, 0.6) is 0 Å². The number of aliphatic hydroxyl groups excluding tert-OH is 1. The highest BCUT2D eigenvalue weighted by atomic mass is 16.6. The van der Waals surface area contributed by atoms with Crippen LogP contribution in [0.1, 0.15) is 6.42 Å². The normalized spacial score (nSPS) is 16.9. The van der Waals surface area contributed by atoms with Gasteiger partial charge in [-0.15, -0.1) is 0 Å². The van der Waals surface area contributed by atoms with Gasteiger partial charge >= 0.3 is 5.69 Å². The van der Waals surface area contributed by atoms with Crippen molar-refractivity contribution in [2.45, 2.75) is 6.42 Å². The first-order chi connectivity index (χ1) is 9.61. The van der Waals surface area contributed by atoms with Crippen LogP contribution in [0.15, 0.2) is 12.1 Å². The molecule has 2 heterocycles. The highest BCUT2D eigenvalue weighted by Crippen LogP contribution is 2.23.